The number of carbonyl (C=O) groups is 4. The first kappa shape index (κ1) is 28.1. The Bertz CT molecular complexity index is 1230. The zero-order valence-electron chi connectivity index (χ0n) is 23.0. The maximum Gasteiger partial charge on any atom is 0.411 e. The lowest BCUT2D eigenvalue weighted by Gasteiger charge is -2.44. The molecular weight excluding hydrogens is 498 g/mol. The van der Waals surface area contributed by atoms with E-state index in [-0.39, 0.29) is 18.4 Å². The van der Waals surface area contributed by atoms with E-state index in [1.54, 1.807) is 25.7 Å². The molecule has 0 radical (unpaired) electrons. The van der Waals surface area contributed by atoms with Crippen molar-refractivity contribution in [3.63, 3.8) is 0 Å². The highest BCUT2D eigenvalue weighted by Crippen LogP contribution is 2.37. The Morgan fingerprint density at radius 3 is 2.15 bits per heavy atom. The van der Waals surface area contributed by atoms with Crippen LogP contribution in [0.5, 0.6) is 0 Å². The Hall–Kier alpha value is -3.88. The van der Waals surface area contributed by atoms with Crippen molar-refractivity contribution in [3.8, 4) is 0 Å². The summed E-state index contributed by atoms with van der Waals surface area (Å²) in [5, 5.41) is 12.0. The molecule has 0 unspecified atom stereocenters. The summed E-state index contributed by atoms with van der Waals surface area (Å²) in [6, 6.07) is 15.3. The van der Waals surface area contributed by atoms with E-state index in [9.17, 15) is 24.3 Å². The second-order valence-corrected chi connectivity index (χ2v) is 11.4. The molecule has 1 saturated heterocycles. The van der Waals surface area contributed by atoms with Crippen LogP contribution in [0.15, 0.2) is 54.6 Å². The van der Waals surface area contributed by atoms with E-state index < -0.39 is 35.2 Å². The summed E-state index contributed by atoms with van der Waals surface area (Å²) in [6.07, 6.45) is 0.506. The van der Waals surface area contributed by atoms with Crippen LogP contribution < -0.4 is 5.32 Å². The normalized spacial score (nSPS) is 19.4. The maximum absolute atomic E-state index is 13.9. The molecule has 2 aromatic carbocycles. The Morgan fingerprint density at radius 1 is 0.974 bits per heavy atom. The molecule has 3 amide bonds. The van der Waals surface area contributed by atoms with Gasteiger partial charge in [0.05, 0.1) is 12.0 Å². The first-order chi connectivity index (χ1) is 18.4. The van der Waals surface area contributed by atoms with Crippen molar-refractivity contribution in [2.45, 2.75) is 76.6 Å². The summed E-state index contributed by atoms with van der Waals surface area (Å²) >= 11 is 0. The van der Waals surface area contributed by atoms with Crippen LogP contribution >= 0.6 is 0 Å². The van der Waals surface area contributed by atoms with Crippen molar-refractivity contribution in [1.29, 1.82) is 0 Å². The van der Waals surface area contributed by atoms with Gasteiger partial charge in [-0.25, -0.2) is 4.79 Å². The molecule has 9 heteroatoms. The van der Waals surface area contributed by atoms with Crippen LogP contribution in [-0.2, 0) is 37.5 Å². The lowest BCUT2D eigenvalue weighted by atomic mass is 9.71. The largest absolute Gasteiger partial charge is 0.480 e. The lowest BCUT2D eigenvalue weighted by Crippen LogP contribution is -2.59. The van der Waals surface area contributed by atoms with Crippen molar-refractivity contribution < 1.29 is 29.0 Å². The van der Waals surface area contributed by atoms with Gasteiger partial charge in [-0.3, -0.25) is 19.3 Å². The van der Waals surface area contributed by atoms with Gasteiger partial charge in [-0.15, -0.1) is 0 Å². The predicted molar refractivity (Wildman–Crippen MR) is 145 cm³/mol. The zero-order valence-corrected chi connectivity index (χ0v) is 23.0. The molecule has 2 aromatic rings. The van der Waals surface area contributed by atoms with E-state index in [0.29, 0.717) is 32.4 Å². The molecule has 0 aromatic heterocycles. The summed E-state index contributed by atoms with van der Waals surface area (Å²) in [5.41, 5.74) is 1.12. The number of hydrogen-bond donors (Lipinski definition) is 2. The summed E-state index contributed by atoms with van der Waals surface area (Å²) in [6.45, 7) is 7.69. The number of amides is 3. The molecule has 39 heavy (non-hydrogen) atoms. The quantitative estimate of drug-likeness (QED) is 0.606. The minimum atomic E-state index is -1.11. The number of hydrogen-bond acceptors (Lipinski definition) is 5. The standard InChI is InChI=1S/C30H37N3O6/c1-20(26(35)36)31-27(37)30(23-12-6-5-7-13-23)14-16-32(17-15-30)25(34)24-18-21-10-8-9-11-22(21)19-33(24)28(38)39-29(2,3)4/h5-13,20,24H,14-19H2,1-4H3,(H,31,37)(H,35,36)/t20-,24-/m0/s1. The zero-order chi connectivity index (χ0) is 28.4. The Balaban J connectivity index is 1.57. The number of nitrogens with zero attached hydrogens (tertiary/aromatic N) is 2. The van der Waals surface area contributed by atoms with Gasteiger partial charge < -0.3 is 20.1 Å². The highest BCUT2D eigenvalue weighted by Gasteiger charge is 2.46. The maximum atomic E-state index is 13.9. The van der Waals surface area contributed by atoms with Gasteiger partial charge in [0.2, 0.25) is 11.8 Å². The Kier molecular flexibility index (Phi) is 7.99. The number of carboxylic acid groups (broad SMARTS) is 1. The number of aliphatic carboxylic acids is 1. The van der Waals surface area contributed by atoms with Crippen LogP contribution in [0.3, 0.4) is 0 Å². The molecule has 2 aliphatic heterocycles. The number of piperidine rings is 1. The van der Waals surface area contributed by atoms with E-state index in [0.717, 1.165) is 16.7 Å². The van der Waals surface area contributed by atoms with Crippen LogP contribution in [0.4, 0.5) is 4.79 Å². The Labute approximate surface area is 229 Å². The van der Waals surface area contributed by atoms with Gasteiger partial charge in [0.25, 0.3) is 0 Å². The molecule has 2 aliphatic rings. The minimum Gasteiger partial charge on any atom is -0.480 e. The molecular formula is C30H37N3O6. The molecule has 2 N–H and O–H groups in total. The highest BCUT2D eigenvalue weighted by molar-refractivity contribution is 5.92. The molecule has 2 heterocycles. The smallest absolute Gasteiger partial charge is 0.411 e. The van der Waals surface area contributed by atoms with Gasteiger partial charge in [0.15, 0.2) is 0 Å². The highest BCUT2D eigenvalue weighted by atomic mass is 16.6. The van der Waals surface area contributed by atoms with E-state index in [1.165, 1.54) is 11.8 Å². The average Bonchev–Trinajstić information content (AvgIpc) is 2.91. The van der Waals surface area contributed by atoms with E-state index in [1.807, 2.05) is 54.6 Å². The van der Waals surface area contributed by atoms with Crippen molar-refractivity contribution in [2.24, 2.45) is 0 Å². The van der Waals surface area contributed by atoms with Crippen molar-refractivity contribution in [1.82, 2.24) is 15.1 Å². The van der Waals surface area contributed by atoms with Crippen LogP contribution in [-0.4, -0.2) is 69.6 Å². The second kappa shape index (κ2) is 11.1. The molecule has 1 fully saturated rings. The molecule has 0 spiro atoms. The number of benzene rings is 2. The number of carbonyl (C=O) groups excluding carboxylic acids is 3. The summed E-state index contributed by atoms with van der Waals surface area (Å²) in [7, 11) is 0. The first-order valence-corrected chi connectivity index (χ1v) is 13.4. The molecule has 0 bridgehead atoms. The number of likely N-dealkylation sites (tertiary alicyclic amines) is 1. The van der Waals surface area contributed by atoms with Crippen LogP contribution in [0.1, 0.15) is 57.2 Å². The fourth-order valence-electron chi connectivity index (χ4n) is 5.38. The summed E-state index contributed by atoms with van der Waals surface area (Å²) in [5.74, 6) is -1.66. The fourth-order valence-corrected chi connectivity index (χ4v) is 5.38. The number of carboxylic acids is 1. The number of rotatable bonds is 5. The van der Waals surface area contributed by atoms with Gasteiger partial charge in [-0.1, -0.05) is 54.6 Å². The molecule has 0 saturated carbocycles. The summed E-state index contributed by atoms with van der Waals surface area (Å²) in [4.78, 5) is 55.2. The second-order valence-electron chi connectivity index (χ2n) is 11.4. The fraction of sp³-hybridized carbons (Fsp3) is 0.467. The van der Waals surface area contributed by atoms with E-state index in [2.05, 4.69) is 5.32 Å². The van der Waals surface area contributed by atoms with Crippen LogP contribution in [0, 0.1) is 0 Å². The monoisotopic (exact) mass is 535 g/mol. The Morgan fingerprint density at radius 2 is 1.56 bits per heavy atom. The molecule has 9 nitrogen and oxygen atoms in total. The average molecular weight is 536 g/mol. The van der Waals surface area contributed by atoms with Gasteiger partial charge in [0, 0.05) is 19.5 Å². The topological polar surface area (TPSA) is 116 Å². The van der Waals surface area contributed by atoms with Crippen LogP contribution in [0.2, 0.25) is 0 Å². The van der Waals surface area contributed by atoms with Crippen LogP contribution in [0.25, 0.3) is 0 Å². The number of fused-ring (bicyclic) bond motifs is 1. The summed E-state index contributed by atoms with van der Waals surface area (Å²) < 4.78 is 5.65. The first-order valence-electron chi connectivity index (χ1n) is 13.4. The number of nitrogens with one attached hydrogen (secondary N) is 1. The van der Waals surface area contributed by atoms with E-state index >= 15 is 0 Å². The third kappa shape index (κ3) is 6.08. The van der Waals surface area contributed by atoms with Gasteiger partial charge in [-0.2, -0.15) is 0 Å². The van der Waals surface area contributed by atoms with Crippen molar-refractivity contribution in [2.75, 3.05) is 13.1 Å². The lowest BCUT2D eigenvalue weighted by molar-refractivity contribution is -0.144. The van der Waals surface area contributed by atoms with Crippen molar-refractivity contribution in [3.05, 3.63) is 71.3 Å². The van der Waals surface area contributed by atoms with Gasteiger partial charge in [0.1, 0.15) is 17.7 Å². The van der Waals surface area contributed by atoms with Gasteiger partial charge >= 0.3 is 12.1 Å². The van der Waals surface area contributed by atoms with Gasteiger partial charge in [-0.05, 0) is 57.2 Å². The molecule has 4 rings (SSSR count). The molecule has 0 aliphatic carbocycles. The third-order valence-electron chi connectivity index (χ3n) is 7.57. The minimum absolute atomic E-state index is 0.184. The van der Waals surface area contributed by atoms with E-state index in [4.69, 9.17) is 4.74 Å². The van der Waals surface area contributed by atoms with Crippen molar-refractivity contribution >= 4 is 23.9 Å². The third-order valence-corrected chi connectivity index (χ3v) is 7.57. The SMILES string of the molecule is C[C@H](NC(=O)C1(c2ccccc2)CCN(C(=O)[C@@H]2Cc3ccccc3CN2C(=O)OC(C)(C)C)CC1)C(=O)O. The predicted octanol–water partition coefficient (Wildman–Crippen LogP) is 3.50. The molecule has 208 valence electrons. The number of ether oxygens (including phenoxy) is 1. The molecule has 2 atom stereocenters.